The lowest BCUT2D eigenvalue weighted by Gasteiger charge is -2.41. The summed E-state index contributed by atoms with van der Waals surface area (Å²) >= 11 is 0. The fourth-order valence-electron chi connectivity index (χ4n) is 4.62. The third kappa shape index (κ3) is 3.07. The Bertz CT molecular complexity index is 755. The van der Waals surface area contributed by atoms with Gasteiger partial charge in [-0.2, -0.15) is 0 Å². The van der Waals surface area contributed by atoms with E-state index in [0.29, 0.717) is 12.5 Å². The number of aromatic nitrogens is 1. The molecule has 2 aromatic rings. The van der Waals surface area contributed by atoms with E-state index in [1.54, 1.807) is 18.5 Å². The van der Waals surface area contributed by atoms with E-state index in [9.17, 15) is 13.9 Å². The van der Waals surface area contributed by atoms with E-state index in [0.717, 1.165) is 43.5 Å². The van der Waals surface area contributed by atoms with Gasteiger partial charge in [0.25, 0.3) is 0 Å². The number of hydrogen-bond donors (Lipinski definition) is 1. The van der Waals surface area contributed by atoms with Crippen molar-refractivity contribution in [2.24, 2.45) is 11.8 Å². The molecule has 2 fully saturated rings. The molecule has 1 aromatic carbocycles. The average molecular weight is 344 g/mol. The van der Waals surface area contributed by atoms with Crippen LogP contribution in [0.4, 0.5) is 8.78 Å². The van der Waals surface area contributed by atoms with Gasteiger partial charge < -0.3 is 5.11 Å². The van der Waals surface area contributed by atoms with Gasteiger partial charge in [0.05, 0.1) is 5.60 Å². The zero-order valence-corrected chi connectivity index (χ0v) is 14.0. The molecule has 4 rings (SSSR count). The molecule has 0 bridgehead atoms. The van der Waals surface area contributed by atoms with E-state index in [1.807, 2.05) is 12.1 Å². The van der Waals surface area contributed by atoms with E-state index < -0.39 is 17.2 Å². The number of halogens is 2. The van der Waals surface area contributed by atoms with Crippen LogP contribution >= 0.6 is 0 Å². The van der Waals surface area contributed by atoms with Gasteiger partial charge in [-0.15, -0.1) is 0 Å². The normalized spacial score (nSPS) is 29.6. The molecule has 1 saturated heterocycles. The Morgan fingerprint density at radius 3 is 2.84 bits per heavy atom. The van der Waals surface area contributed by atoms with Gasteiger partial charge in [-0.1, -0.05) is 12.1 Å². The summed E-state index contributed by atoms with van der Waals surface area (Å²) in [7, 11) is 0. The third-order valence-corrected chi connectivity index (χ3v) is 5.81. The molecular weight excluding hydrogens is 322 g/mol. The van der Waals surface area contributed by atoms with Gasteiger partial charge in [-0.3, -0.25) is 9.88 Å². The summed E-state index contributed by atoms with van der Waals surface area (Å²) in [5.41, 5.74) is 0.807. The largest absolute Gasteiger partial charge is 0.385 e. The van der Waals surface area contributed by atoms with Crippen molar-refractivity contribution in [2.75, 3.05) is 13.1 Å². The zero-order valence-electron chi connectivity index (χ0n) is 14.0. The maximum absolute atomic E-state index is 13.5. The first-order valence-electron chi connectivity index (χ1n) is 8.85. The van der Waals surface area contributed by atoms with Gasteiger partial charge >= 0.3 is 0 Å². The number of fused-ring (bicyclic) bond motifs is 1. The highest BCUT2D eigenvalue weighted by Gasteiger charge is 2.49. The number of nitrogens with zero attached hydrogens (tertiary/aromatic N) is 2. The molecule has 5 heteroatoms. The summed E-state index contributed by atoms with van der Waals surface area (Å²) in [4.78, 5) is 6.42. The third-order valence-electron chi connectivity index (χ3n) is 5.81. The van der Waals surface area contributed by atoms with Gasteiger partial charge in [0.15, 0.2) is 11.6 Å². The summed E-state index contributed by atoms with van der Waals surface area (Å²) in [5, 5.41) is 11.4. The van der Waals surface area contributed by atoms with Crippen molar-refractivity contribution < 1.29 is 13.9 Å². The smallest absolute Gasteiger partial charge is 0.159 e. The summed E-state index contributed by atoms with van der Waals surface area (Å²) in [6.45, 7) is 2.22. The lowest BCUT2D eigenvalue weighted by atomic mass is 9.68. The molecule has 1 aliphatic heterocycles. The first-order chi connectivity index (χ1) is 12.1. The second-order valence-corrected chi connectivity index (χ2v) is 7.37. The predicted octanol–water partition coefficient (Wildman–Crippen LogP) is 3.48. The van der Waals surface area contributed by atoms with Crippen LogP contribution in [0.5, 0.6) is 0 Å². The molecule has 0 unspecified atom stereocenters. The van der Waals surface area contributed by atoms with Crippen molar-refractivity contribution in [3.8, 4) is 0 Å². The summed E-state index contributed by atoms with van der Waals surface area (Å²) in [5.74, 6) is -1.05. The first-order valence-corrected chi connectivity index (χ1v) is 8.85. The Morgan fingerprint density at radius 2 is 2.08 bits per heavy atom. The lowest BCUT2D eigenvalue weighted by molar-refractivity contribution is -0.0650. The van der Waals surface area contributed by atoms with Crippen molar-refractivity contribution in [3.05, 3.63) is 65.5 Å². The Labute approximate surface area is 146 Å². The van der Waals surface area contributed by atoms with E-state index in [2.05, 4.69) is 9.88 Å². The molecule has 0 spiro atoms. The van der Waals surface area contributed by atoms with Crippen LogP contribution in [0, 0.1) is 23.5 Å². The maximum Gasteiger partial charge on any atom is 0.159 e. The van der Waals surface area contributed by atoms with E-state index in [4.69, 9.17) is 0 Å². The van der Waals surface area contributed by atoms with Gasteiger partial charge in [-0.25, -0.2) is 8.78 Å². The molecule has 132 valence electrons. The summed E-state index contributed by atoms with van der Waals surface area (Å²) in [6.07, 6.45) is 6.32. The molecule has 25 heavy (non-hydrogen) atoms. The maximum atomic E-state index is 13.5. The molecule has 0 radical (unpaired) electrons. The van der Waals surface area contributed by atoms with Crippen molar-refractivity contribution >= 4 is 0 Å². The Hall–Kier alpha value is -1.85. The van der Waals surface area contributed by atoms with Crippen LogP contribution in [-0.2, 0) is 12.1 Å². The van der Waals surface area contributed by atoms with Crippen molar-refractivity contribution in [1.29, 1.82) is 0 Å². The van der Waals surface area contributed by atoms with Crippen LogP contribution in [-0.4, -0.2) is 28.1 Å². The molecule has 1 aliphatic carbocycles. The molecular formula is C20H22F2N2O. The monoisotopic (exact) mass is 344 g/mol. The molecule has 3 atom stereocenters. The second kappa shape index (κ2) is 6.46. The fourth-order valence-corrected chi connectivity index (χ4v) is 4.62. The van der Waals surface area contributed by atoms with Crippen LogP contribution in [0.1, 0.15) is 30.4 Å². The van der Waals surface area contributed by atoms with E-state index in [-0.39, 0.29) is 5.92 Å². The molecule has 3 nitrogen and oxygen atoms in total. The minimum atomic E-state index is -0.847. The lowest BCUT2D eigenvalue weighted by Crippen LogP contribution is -2.42. The van der Waals surface area contributed by atoms with Crippen molar-refractivity contribution in [1.82, 2.24) is 9.88 Å². The van der Waals surface area contributed by atoms with Crippen LogP contribution < -0.4 is 0 Å². The van der Waals surface area contributed by atoms with E-state index >= 15 is 0 Å². The average Bonchev–Trinajstić information content (AvgIpc) is 3.03. The zero-order chi connectivity index (χ0) is 17.4. The van der Waals surface area contributed by atoms with Crippen LogP contribution in [0.25, 0.3) is 0 Å². The molecule has 1 saturated carbocycles. The second-order valence-electron chi connectivity index (χ2n) is 7.37. The van der Waals surface area contributed by atoms with Crippen molar-refractivity contribution in [3.63, 3.8) is 0 Å². The van der Waals surface area contributed by atoms with Gasteiger partial charge in [0, 0.05) is 43.5 Å². The number of aliphatic hydroxyl groups is 1. The standard InChI is InChI=1S/C20H22F2N2O/c21-18-6-5-14(9-19(18)22)11-24-12-15-3-1-7-20(25,17(15)13-24)16-4-2-8-23-10-16/h2,4-6,8-10,15,17,25H,1,3,7,11-13H2/t15-,17-,20+/m0/s1. The summed E-state index contributed by atoms with van der Waals surface area (Å²) < 4.78 is 26.6. The van der Waals surface area contributed by atoms with Crippen LogP contribution in [0.2, 0.25) is 0 Å². The molecule has 0 amide bonds. The van der Waals surface area contributed by atoms with Crippen LogP contribution in [0.15, 0.2) is 42.7 Å². The molecule has 2 aliphatic rings. The predicted molar refractivity (Wildman–Crippen MR) is 90.6 cm³/mol. The fraction of sp³-hybridized carbons (Fsp3) is 0.450. The molecule has 1 N–H and O–H groups in total. The Kier molecular flexibility index (Phi) is 4.29. The van der Waals surface area contributed by atoms with Gasteiger partial charge in [-0.05, 0) is 48.9 Å². The Morgan fingerprint density at radius 1 is 1.20 bits per heavy atom. The SMILES string of the molecule is O[C@@]1(c2cccnc2)CCC[C@H]2CN(Cc3ccc(F)c(F)c3)C[C@@H]21. The minimum absolute atomic E-state index is 0.149. The highest BCUT2D eigenvalue weighted by molar-refractivity contribution is 5.23. The van der Waals surface area contributed by atoms with Crippen LogP contribution in [0.3, 0.4) is 0 Å². The van der Waals surface area contributed by atoms with Gasteiger partial charge in [0.1, 0.15) is 0 Å². The number of benzene rings is 1. The molecule has 2 heterocycles. The highest BCUT2D eigenvalue weighted by Crippen LogP contribution is 2.48. The van der Waals surface area contributed by atoms with Crippen molar-refractivity contribution in [2.45, 2.75) is 31.4 Å². The highest BCUT2D eigenvalue weighted by atomic mass is 19.2. The summed E-state index contributed by atoms with van der Waals surface area (Å²) in [6, 6.07) is 7.90. The number of likely N-dealkylation sites (tertiary alicyclic amines) is 1. The van der Waals surface area contributed by atoms with Gasteiger partial charge in [0.2, 0.25) is 0 Å². The van der Waals surface area contributed by atoms with E-state index in [1.165, 1.54) is 12.1 Å². The number of rotatable bonds is 3. The Balaban J connectivity index is 1.53. The molecule has 1 aromatic heterocycles. The topological polar surface area (TPSA) is 36.4 Å². The number of pyridine rings is 1. The first kappa shape index (κ1) is 16.6. The quantitative estimate of drug-likeness (QED) is 0.926. The number of hydrogen-bond acceptors (Lipinski definition) is 3. The minimum Gasteiger partial charge on any atom is -0.385 e.